The Morgan fingerprint density at radius 1 is 0.750 bits per heavy atom. The molecule has 0 aliphatic heterocycles. The van der Waals surface area contributed by atoms with Gasteiger partial charge in [0.1, 0.15) is 5.82 Å². The fourth-order valence-electron chi connectivity index (χ4n) is 2.97. The third kappa shape index (κ3) is 4.43. The van der Waals surface area contributed by atoms with Crippen LogP contribution in [0.2, 0.25) is 0 Å². The van der Waals surface area contributed by atoms with Gasteiger partial charge in [-0.25, -0.2) is 4.98 Å². The zero-order valence-electron chi connectivity index (χ0n) is 16.7. The molecular weight excluding hydrogens is 356 g/mol. The molecular formula is C21H24N4O3. The van der Waals surface area contributed by atoms with Crippen molar-refractivity contribution in [2.75, 3.05) is 32.0 Å². The number of rotatable bonds is 7. The van der Waals surface area contributed by atoms with E-state index in [9.17, 15) is 0 Å². The standard InChI is InChI=1S/C21H24N4O3/c1-13-8-14(2)10-15(9-13)24-21-22-7-6-19(25-21)23-16-11-17(26-3)20(28-5)18(12-16)27-4/h6-12H,1-5H3,(H2,22,23,24,25). The van der Waals surface area contributed by atoms with Gasteiger partial charge in [-0.1, -0.05) is 6.07 Å². The maximum Gasteiger partial charge on any atom is 0.229 e. The van der Waals surface area contributed by atoms with Crippen LogP contribution in [0.1, 0.15) is 11.1 Å². The fraction of sp³-hybridized carbons (Fsp3) is 0.238. The number of nitrogens with zero attached hydrogens (tertiary/aromatic N) is 2. The Morgan fingerprint density at radius 2 is 1.36 bits per heavy atom. The molecule has 0 saturated carbocycles. The molecule has 0 aliphatic rings. The number of benzene rings is 2. The molecule has 0 amide bonds. The maximum atomic E-state index is 5.39. The highest BCUT2D eigenvalue weighted by Gasteiger charge is 2.13. The number of methoxy groups -OCH3 is 3. The summed E-state index contributed by atoms with van der Waals surface area (Å²) in [6.07, 6.45) is 1.69. The van der Waals surface area contributed by atoms with E-state index < -0.39 is 0 Å². The van der Waals surface area contributed by atoms with Gasteiger partial charge in [-0.05, 0) is 43.2 Å². The molecule has 2 aromatic carbocycles. The Balaban J connectivity index is 1.85. The van der Waals surface area contributed by atoms with E-state index in [1.165, 1.54) is 11.1 Å². The molecule has 3 aromatic rings. The summed E-state index contributed by atoms with van der Waals surface area (Å²) in [5.74, 6) is 2.80. The second kappa shape index (κ2) is 8.47. The molecule has 0 spiro atoms. The number of aromatic nitrogens is 2. The van der Waals surface area contributed by atoms with Crippen LogP contribution in [0, 0.1) is 13.8 Å². The molecule has 3 rings (SSSR count). The number of nitrogens with one attached hydrogen (secondary N) is 2. The van der Waals surface area contributed by atoms with Crippen molar-refractivity contribution >= 4 is 23.1 Å². The van der Waals surface area contributed by atoms with Crippen molar-refractivity contribution in [1.82, 2.24) is 9.97 Å². The zero-order chi connectivity index (χ0) is 20.1. The molecule has 0 saturated heterocycles. The summed E-state index contributed by atoms with van der Waals surface area (Å²) in [6, 6.07) is 11.6. The molecule has 2 N–H and O–H groups in total. The largest absolute Gasteiger partial charge is 0.493 e. The lowest BCUT2D eigenvalue weighted by Gasteiger charge is -2.15. The van der Waals surface area contributed by atoms with E-state index in [1.54, 1.807) is 33.6 Å². The highest BCUT2D eigenvalue weighted by molar-refractivity contribution is 5.67. The lowest BCUT2D eigenvalue weighted by molar-refractivity contribution is 0.324. The van der Waals surface area contributed by atoms with Crippen molar-refractivity contribution in [3.05, 3.63) is 53.7 Å². The van der Waals surface area contributed by atoms with Gasteiger partial charge in [-0.15, -0.1) is 0 Å². The highest BCUT2D eigenvalue weighted by atomic mass is 16.5. The zero-order valence-corrected chi connectivity index (χ0v) is 16.7. The molecule has 7 nitrogen and oxygen atoms in total. The Labute approximate surface area is 164 Å². The smallest absolute Gasteiger partial charge is 0.229 e. The van der Waals surface area contributed by atoms with Crippen LogP contribution >= 0.6 is 0 Å². The number of ether oxygens (including phenoxy) is 3. The van der Waals surface area contributed by atoms with Gasteiger partial charge in [0.15, 0.2) is 11.5 Å². The van der Waals surface area contributed by atoms with Crippen molar-refractivity contribution in [1.29, 1.82) is 0 Å². The predicted molar refractivity (Wildman–Crippen MR) is 111 cm³/mol. The van der Waals surface area contributed by atoms with E-state index in [-0.39, 0.29) is 0 Å². The topological polar surface area (TPSA) is 77.5 Å². The van der Waals surface area contributed by atoms with Gasteiger partial charge in [0.05, 0.1) is 21.3 Å². The van der Waals surface area contributed by atoms with E-state index in [4.69, 9.17) is 14.2 Å². The Hall–Kier alpha value is -3.48. The van der Waals surface area contributed by atoms with Gasteiger partial charge in [0.2, 0.25) is 11.7 Å². The summed E-state index contributed by atoms with van der Waals surface area (Å²) in [4.78, 5) is 8.83. The molecule has 0 radical (unpaired) electrons. The average Bonchev–Trinajstić information content (AvgIpc) is 2.66. The summed E-state index contributed by atoms with van der Waals surface area (Å²) in [5, 5.41) is 6.49. The minimum atomic E-state index is 0.502. The highest BCUT2D eigenvalue weighted by Crippen LogP contribution is 2.40. The molecule has 1 heterocycles. The Kier molecular flexibility index (Phi) is 5.84. The average molecular weight is 380 g/mol. The van der Waals surface area contributed by atoms with Crippen LogP contribution < -0.4 is 24.8 Å². The number of hydrogen-bond donors (Lipinski definition) is 2. The minimum absolute atomic E-state index is 0.502. The molecule has 146 valence electrons. The molecule has 0 fully saturated rings. The van der Waals surface area contributed by atoms with Gasteiger partial charge >= 0.3 is 0 Å². The van der Waals surface area contributed by atoms with Crippen molar-refractivity contribution < 1.29 is 14.2 Å². The van der Waals surface area contributed by atoms with Crippen LogP contribution in [0.5, 0.6) is 17.2 Å². The quantitative estimate of drug-likeness (QED) is 0.620. The van der Waals surface area contributed by atoms with Gasteiger partial charge in [-0.3, -0.25) is 0 Å². The van der Waals surface area contributed by atoms with Gasteiger partial charge in [0, 0.05) is 29.7 Å². The lowest BCUT2D eigenvalue weighted by atomic mass is 10.1. The SMILES string of the molecule is COc1cc(Nc2ccnc(Nc3cc(C)cc(C)c3)n2)cc(OC)c1OC. The maximum absolute atomic E-state index is 5.39. The molecule has 0 aliphatic carbocycles. The minimum Gasteiger partial charge on any atom is -0.493 e. The first-order valence-electron chi connectivity index (χ1n) is 8.77. The summed E-state index contributed by atoms with van der Waals surface area (Å²) >= 11 is 0. The molecule has 0 unspecified atom stereocenters. The van der Waals surface area contributed by atoms with E-state index >= 15 is 0 Å². The third-order valence-corrected chi connectivity index (χ3v) is 4.07. The Morgan fingerprint density at radius 3 is 1.93 bits per heavy atom. The number of hydrogen-bond acceptors (Lipinski definition) is 7. The first kappa shape index (κ1) is 19.3. The number of aryl methyl sites for hydroxylation is 2. The first-order chi connectivity index (χ1) is 13.5. The molecule has 1 aromatic heterocycles. The van der Waals surface area contributed by atoms with Crippen LogP contribution in [0.25, 0.3) is 0 Å². The number of anilines is 4. The molecule has 0 atom stereocenters. The van der Waals surface area contributed by atoms with E-state index in [0.29, 0.717) is 29.0 Å². The fourth-order valence-corrected chi connectivity index (χ4v) is 2.97. The predicted octanol–water partition coefficient (Wildman–Crippen LogP) is 4.61. The van der Waals surface area contributed by atoms with Crippen LogP contribution in [0.3, 0.4) is 0 Å². The lowest BCUT2D eigenvalue weighted by Crippen LogP contribution is -2.02. The third-order valence-electron chi connectivity index (χ3n) is 4.07. The van der Waals surface area contributed by atoms with Crippen LogP contribution in [0.4, 0.5) is 23.1 Å². The van der Waals surface area contributed by atoms with Crippen molar-refractivity contribution in [3.63, 3.8) is 0 Å². The molecule has 0 bridgehead atoms. The monoisotopic (exact) mass is 380 g/mol. The first-order valence-corrected chi connectivity index (χ1v) is 8.77. The van der Waals surface area contributed by atoms with E-state index in [1.807, 2.05) is 12.1 Å². The van der Waals surface area contributed by atoms with Gasteiger partial charge in [-0.2, -0.15) is 4.98 Å². The summed E-state index contributed by atoms with van der Waals surface area (Å²) < 4.78 is 16.1. The van der Waals surface area contributed by atoms with E-state index in [2.05, 4.69) is 52.6 Å². The van der Waals surface area contributed by atoms with Crippen LogP contribution in [-0.2, 0) is 0 Å². The van der Waals surface area contributed by atoms with Crippen molar-refractivity contribution in [3.8, 4) is 17.2 Å². The Bertz CT molecular complexity index is 930. The van der Waals surface area contributed by atoms with Gasteiger partial charge < -0.3 is 24.8 Å². The van der Waals surface area contributed by atoms with E-state index in [0.717, 1.165) is 11.4 Å². The van der Waals surface area contributed by atoms with Gasteiger partial charge in [0.25, 0.3) is 0 Å². The van der Waals surface area contributed by atoms with Crippen LogP contribution in [-0.4, -0.2) is 31.3 Å². The summed E-state index contributed by atoms with van der Waals surface area (Å²) in [7, 11) is 4.73. The molecule has 28 heavy (non-hydrogen) atoms. The second-order valence-electron chi connectivity index (χ2n) is 6.31. The summed E-state index contributed by atoms with van der Waals surface area (Å²) in [6.45, 7) is 4.11. The molecule has 7 heteroatoms. The summed E-state index contributed by atoms with van der Waals surface area (Å²) in [5.41, 5.74) is 4.05. The van der Waals surface area contributed by atoms with Crippen molar-refractivity contribution in [2.24, 2.45) is 0 Å². The van der Waals surface area contributed by atoms with Crippen molar-refractivity contribution in [2.45, 2.75) is 13.8 Å². The second-order valence-corrected chi connectivity index (χ2v) is 6.31. The normalized spacial score (nSPS) is 10.3. The van der Waals surface area contributed by atoms with Crippen LogP contribution in [0.15, 0.2) is 42.6 Å².